The molecule has 0 saturated heterocycles. The molecular formula is C110H66N6S2. The lowest BCUT2D eigenvalue weighted by molar-refractivity contribution is 1.08. The molecule has 0 aliphatic carbocycles. The van der Waals surface area contributed by atoms with Gasteiger partial charge in [0.2, 0.25) is 0 Å². The highest BCUT2D eigenvalue weighted by atomic mass is 32.1. The van der Waals surface area contributed by atoms with E-state index in [-0.39, 0.29) is 0 Å². The normalized spacial score (nSPS) is 11.7. The summed E-state index contributed by atoms with van der Waals surface area (Å²) >= 11 is 3.57. The van der Waals surface area contributed by atoms with E-state index in [2.05, 4.69) is 400 Å². The lowest BCUT2D eigenvalue weighted by Crippen LogP contribution is -2.02. The zero-order valence-electron chi connectivity index (χ0n) is 63.6. The van der Waals surface area contributed by atoms with Crippen LogP contribution in [0.25, 0.3) is 240 Å². The highest BCUT2D eigenvalue weighted by molar-refractivity contribution is 7.26. The van der Waals surface area contributed by atoms with Gasteiger partial charge in [-0.05, 0) is 186 Å². The van der Waals surface area contributed by atoms with Crippen LogP contribution in [0.4, 0.5) is 0 Å². The third kappa shape index (κ3) is 11.9. The van der Waals surface area contributed by atoms with Crippen molar-refractivity contribution in [3.8, 4) is 146 Å². The van der Waals surface area contributed by atoms with Crippen LogP contribution in [0.1, 0.15) is 0 Å². The standard InChI is InChI=1S/C110H66N6S2/c1-3-24-67(25-4-1)74-34-17-35-75(62-74)77-54-52-72-32-21-48-93(96(72)64-77)106-112-108(116-110(114-106)102-85-42-12-9-30-71(85)57-60-89(102)87-44-19-31-68-28-7-10-38-81(68)87)95-50-23-46-91-98-66-80(58-61-100(98)118-104(91)95)83-40-14-13-39-82(83)79-37-18-36-76(63-79)78-55-53-73-33-20-47-92(97(73)65-78)105-111-107(94-49-22-45-90-88-43-15-16-51-99(88)117-103(90)94)115-109(113-105)101-84-41-11-8-29-70(84)56-59-86(101)69-26-5-2-6-27-69/h1-66H. The van der Waals surface area contributed by atoms with Crippen molar-refractivity contribution < 1.29 is 0 Å². The number of fused-ring (bicyclic) bond motifs is 11. The quantitative estimate of drug-likeness (QED) is 0.114. The molecule has 23 rings (SSSR count). The van der Waals surface area contributed by atoms with Gasteiger partial charge in [-0.1, -0.05) is 346 Å². The first-order valence-corrected chi connectivity index (χ1v) is 41.5. The molecule has 4 aromatic heterocycles. The first-order valence-electron chi connectivity index (χ1n) is 39.9. The lowest BCUT2D eigenvalue weighted by Gasteiger charge is -2.17. The minimum atomic E-state index is 0.597. The summed E-state index contributed by atoms with van der Waals surface area (Å²) < 4.78 is 4.64. The highest BCUT2D eigenvalue weighted by Crippen LogP contribution is 2.48. The van der Waals surface area contributed by atoms with Gasteiger partial charge in [0, 0.05) is 73.7 Å². The molecule has 4 heterocycles. The predicted molar refractivity (Wildman–Crippen MR) is 497 cm³/mol. The number of rotatable bonds is 13. The van der Waals surface area contributed by atoms with Gasteiger partial charge in [0.05, 0.1) is 0 Å². The van der Waals surface area contributed by atoms with Crippen molar-refractivity contribution in [1.29, 1.82) is 0 Å². The second kappa shape index (κ2) is 28.5. The minimum absolute atomic E-state index is 0.597. The number of thiophene rings is 2. The van der Waals surface area contributed by atoms with Crippen LogP contribution < -0.4 is 0 Å². The third-order valence-corrected chi connectivity index (χ3v) is 25.9. The summed E-state index contributed by atoms with van der Waals surface area (Å²) in [5, 5.41) is 15.7. The van der Waals surface area contributed by atoms with Crippen molar-refractivity contribution in [1.82, 2.24) is 29.9 Å². The molecule has 0 fully saturated rings. The van der Waals surface area contributed by atoms with Crippen molar-refractivity contribution >= 4 is 117 Å². The molecule has 0 unspecified atom stereocenters. The summed E-state index contributed by atoms with van der Waals surface area (Å²) in [5.41, 5.74) is 21.2. The third-order valence-electron chi connectivity index (χ3n) is 23.4. The Labute approximate surface area is 688 Å². The smallest absolute Gasteiger partial charge is 0.165 e. The first kappa shape index (κ1) is 68.5. The molecule has 6 nitrogen and oxygen atoms in total. The molecule has 0 bridgehead atoms. The van der Waals surface area contributed by atoms with E-state index in [0.717, 1.165) is 174 Å². The van der Waals surface area contributed by atoms with Gasteiger partial charge in [0.15, 0.2) is 34.9 Å². The lowest BCUT2D eigenvalue weighted by atomic mass is 9.90. The van der Waals surface area contributed by atoms with E-state index in [0.29, 0.717) is 34.9 Å². The summed E-state index contributed by atoms with van der Waals surface area (Å²) in [6.45, 7) is 0. The van der Waals surface area contributed by atoms with Crippen LogP contribution in [0.3, 0.4) is 0 Å². The van der Waals surface area contributed by atoms with Gasteiger partial charge >= 0.3 is 0 Å². The van der Waals surface area contributed by atoms with Gasteiger partial charge < -0.3 is 0 Å². The number of hydrogen-bond donors (Lipinski definition) is 0. The maximum absolute atomic E-state index is 5.73. The van der Waals surface area contributed by atoms with Crippen molar-refractivity contribution in [3.63, 3.8) is 0 Å². The van der Waals surface area contributed by atoms with Gasteiger partial charge in [-0.15, -0.1) is 22.7 Å². The molecule has 0 aliphatic rings. The molecule has 19 aromatic carbocycles. The molecule has 23 aromatic rings. The summed E-state index contributed by atoms with van der Waals surface area (Å²) in [5.74, 6) is 3.65. The summed E-state index contributed by atoms with van der Waals surface area (Å²) in [6.07, 6.45) is 0. The molecule has 0 amide bonds. The Bertz CT molecular complexity index is 8020. The van der Waals surface area contributed by atoms with Crippen LogP contribution in [0.15, 0.2) is 400 Å². The minimum Gasteiger partial charge on any atom is -0.208 e. The summed E-state index contributed by atoms with van der Waals surface area (Å²) in [6, 6.07) is 144. The van der Waals surface area contributed by atoms with E-state index < -0.39 is 0 Å². The van der Waals surface area contributed by atoms with Gasteiger partial charge in [0.25, 0.3) is 0 Å². The van der Waals surface area contributed by atoms with Gasteiger partial charge in [0.1, 0.15) is 0 Å². The van der Waals surface area contributed by atoms with Crippen LogP contribution in [0.2, 0.25) is 0 Å². The molecule has 0 atom stereocenters. The Kier molecular flexibility index (Phi) is 16.5. The summed E-state index contributed by atoms with van der Waals surface area (Å²) in [7, 11) is 0. The molecule has 548 valence electrons. The van der Waals surface area contributed by atoms with Crippen LogP contribution in [0.5, 0.6) is 0 Å². The fourth-order valence-electron chi connectivity index (χ4n) is 17.7. The molecule has 8 heteroatoms. The topological polar surface area (TPSA) is 77.3 Å². The Hall–Kier alpha value is -15.1. The largest absolute Gasteiger partial charge is 0.208 e. The fraction of sp³-hybridized carbons (Fsp3) is 0. The Morgan fingerprint density at radius 3 is 1.05 bits per heavy atom. The Morgan fingerprint density at radius 1 is 0.144 bits per heavy atom. The van der Waals surface area contributed by atoms with Crippen LogP contribution >= 0.6 is 22.7 Å². The maximum Gasteiger partial charge on any atom is 0.165 e. The van der Waals surface area contributed by atoms with Gasteiger partial charge in [-0.2, -0.15) is 0 Å². The number of nitrogens with zero attached hydrogens (tertiary/aromatic N) is 6. The average Bonchev–Trinajstić information content (AvgIpc) is 0.965. The average molecular weight is 1540 g/mol. The van der Waals surface area contributed by atoms with Crippen molar-refractivity contribution in [2.75, 3.05) is 0 Å². The highest BCUT2D eigenvalue weighted by Gasteiger charge is 2.26. The van der Waals surface area contributed by atoms with Crippen molar-refractivity contribution in [3.05, 3.63) is 400 Å². The van der Waals surface area contributed by atoms with E-state index in [1.807, 2.05) is 0 Å². The maximum atomic E-state index is 5.73. The first-order chi connectivity index (χ1) is 58.5. The molecule has 0 N–H and O–H groups in total. The zero-order valence-corrected chi connectivity index (χ0v) is 65.2. The number of benzene rings is 19. The number of aromatic nitrogens is 6. The van der Waals surface area contributed by atoms with E-state index in [1.165, 1.54) is 31.3 Å². The van der Waals surface area contributed by atoms with Crippen molar-refractivity contribution in [2.45, 2.75) is 0 Å². The monoisotopic (exact) mass is 1530 g/mol. The van der Waals surface area contributed by atoms with E-state index in [1.54, 1.807) is 22.7 Å². The molecule has 0 spiro atoms. The van der Waals surface area contributed by atoms with E-state index in [9.17, 15) is 0 Å². The van der Waals surface area contributed by atoms with E-state index in [4.69, 9.17) is 29.9 Å². The molecule has 118 heavy (non-hydrogen) atoms. The SMILES string of the molecule is c1ccc(-c2cccc(-c3ccc4cccc(-c5nc(-c6c(-c7cccc8ccccc78)ccc7ccccc67)nc(-c6cccc7c6sc6ccc(-c8ccccc8-c8cccc(-c9ccc%10cccc(-c%11nc(-c%12c(-c%13ccccc%13)ccc%13ccccc%12%13)nc(-c%12cccc%13c%12sc%12ccccc%12%13)n%11)c%10c9)c8)cc67)n5)c4c3)c2)cc1. The summed E-state index contributed by atoms with van der Waals surface area (Å²) in [4.78, 5) is 33.8. The van der Waals surface area contributed by atoms with Crippen LogP contribution in [0, 0.1) is 0 Å². The molecule has 0 aliphatic heterocycles. The molecule has 0 radical (unpaired) electrons. The Morgan fingerprint density at radius 2 is 0.466 bits per heavy atom. The predicted octanol–water partition coefficient (Wildman–Crippen LogP) is 30.2. The van der Waals surface area contributed by atoms with Crippen LogP contribution in [-0.2, 0) is 0 Å². The van der Waals surface area contributed by atoms with Crippen molar-refractivity contribution in [2.24, 2.45) is 0 Å². The Balaban J connectivity index is 0.643. The zero-order chi connectivity index (χ0) is 77.7. The van der Waals surface area contributed by atoms with Crippen LogP contribution in [-0.4, -0.2) is 29.9 Å². The van der Waals surface area contributed by atoms with Gasteiger partial charge in [-0.3, -0.25) is 0 Å². The fourth-order valence-corrected chi connectivity index (χ4v) is 20.2. The van der Waals surface area contributed by atoms with E-state index >= 15 is 0 Å². The second-order valence-electron chi connectivity index (χ2n) is 30.3. The molecular weight excluding hydrogens is 1470 g/mol. The van der Waals surface area contributed by atoms with Gasteiger partial charge in [-0.25, -0.2) is 29.9 Å². The molecule has 0 saturated carbocycles. The number of hydrogen-bond acceptors (Lipinski definition) is 8. The second-order valence-corrected chi connectivity index (χ2v) is 32.4.